The van der Waals surface area contributed by atoms with Crippen LogP contribution in [0.15, 0.2) is 84.9 Å². The zero-order valence-corrected chi connectivity index (χ0v) is 19.6. The lowest BCUT2D eigenvalue weighted by Gasteiger charge is -2.15. The Morgan fingerprint density at radius 3 is 2.46 bits per heavy atom. The fourth-order valence-corrected chi connectivity index (χ4v) is 3.80. The van der Waals surface area contributed by atoms with Crippen molar-refractivity contribution in [3.63, 3.8) is 0 Å². The third-order valence-electron chi connectivity index (χ3n) is 5.62. The van der Waals surface area contributed by atoms with Crippen molar-refractivity contribution in [2.75, 3.05) is 6.61 Å². The van der Waals surface area contributed by atoms with E-state index in [1.54, 1.807) is 36.4 Å². The lowest BCUT2D eigenvalue weighted by atomic mass is 9.99. The van der Waals surface area contributed by atoms with Crippen LogP contribution in [0.5, 0.6) is 23.0 Å². The van der Waals surface area contributed by atoms with Crippen LogP contribution in [0.1, 0.15) is 31.7 Å². The molecule has 0 heterocycles. The first-order valence-corrected chi connectivity index (χ1v) is 11.7. The second-order valence-corrected chi connectivity index (χ2v) is 8.28. The molecule has 0 saturated carbocycles. The van der Waals surface area contributed by atoms with Gasteiger partial charge < -0.3 is 19.7 Å². The number of phenols is 2. The first kappa shape index (κ1) is 23.9. The summed E-state index contributed by atoms with van der Waals surface area (Å²) in [5.41, 5.74) is 2.47. The van der Waals surface area contributed by atoms with Gasteiger partial charge in [0.15, 0.2) is 0 Å². The summed E-state index contributed by atoms with van der Waals surface area (Å²) in [5.74, 6) is 1.22. The van der Waals surface area contributed by atoms with E-state index < -0.39 is 0 Å². The molecule has 5 nitrogen and oxygen atoms in total. The second kappa shape index (κ2) is 11.3. The molecule has 0 atom stereocenters. The average molecular weight is 469 g/mol. The average Bonchev–Trinajstić information content (AvgIpc) is 2.86. The van der Waals surface area contributed by atoms with Gasteiger partial charge in [-0.3, -0.25) is 0 Å². The molecule has 0 radical (unpaired) electrons. The molecule has 0 spiro atoms. The van der Waals surface area contributed by atoms with Crippen LogP contribution in [0.4, 0.5) is 0 Å². The van der Waals surface area contributed by atoms with Crippen LogP contribution in [0.25, 0.3) is 28.0 Å². The van der Waals surface area contributed by atoms with Crippen LogP contribution < -0.4 is 4.74 Å². The number of rotatable bonds is 9. The minimum absolute atomic E-state index is 0.166. The number of esters is 1. The van der Waals surface area contributed by atoms with Crippen molar-refractivity contribution in [2.24, 2.45) is 0 Å². The van der Waals surface area contributed by atoms with Crippen molar-refractivity contribution in [1.29, 1.82) is 0 Å². The first-order chi connectivity index (χ1) is 17.0. The zero-order chi connectivity index (χ0) is 24.6. The number of ether oxygens (including phenoxy) is 2. The summed E-state index contributed by atoms with van der Waals surface area (Å²) in [7, 11) is 0. The highest BCUT2D eigenvalue weighted by Gasteiger charge is 2.13. The maximum Gasteiger partial charge on any atom is 0.330 e. The fourth-order valence-electron chi connectivity index (χ4n) is 3.80. The van der Waals surface area contributed by atoms with Crippen molar-refractivity contribution >= 4 is 22.8 Å². The molecule has 35 heavy (non-hydrogen) atoms. The molecule has 0 amide bonds. The smallest absolute Gasteiger partial charge is 0.330 e. The molecule has 4 rings (SSSR count). The van der Waals surface area contributed by atoms with Gasteiger partial charge >= 0.3 is 5.97 Å². The highest BCUT2D eigenvalue weighted by molar-refractivity contribution is 5.96. The summed E-state index contributed by atoms with van der Waals surface area (Å²) in [4.78, 5) is 11.9. The van der Waals surface area contributed by atoms with Crippen LogP contribution in [-0.4, -0.2) is 22.8 Å². The molecule has 0 aliphatic rings. The lowest BCUT2D eigenvalue weighted by Crippen LogP contribution is -2.01. The number of aromatic hydroxyl groups is 2. The van der Waals surface area contributed by atoms with Crippen molar-refractivity contribution in [3.8, 4) is 34.1 Å². The van der Waals surface area contributed by atoms with E-state index in [1.165, 1.54) is 6.08 Å². The van der Waals surface area contributed by atoms with E-state index >= 15 is 0 Å². The number of phenolic OH excluding ortho intramolecular Hbond substituents is 2. The van der Waals surface area contributed by atoms with Crippen LogP contribution >= 0.6 is 0 Å². The van der Waals surface area contributed by atoms with Crippen LogP contribution in [0.2, 0.25) is 0 Å². The Bertz CT molecular complexity index is 1340. The van der Waals surface area contributed by atoms with Gasteiger partial charge in [0.05, 0.1) is 6.61 Å². The standard InChI is InChI=1S/C30H28O5/c1-2-3-4-18-34-29(33)17-10-21-8-13-26(14-9-21)35-30-27(22-6-5-7-24(31)19-22)15-11-23-20-25(32)12-16-28(23)30/h5-17,19-20,31-32H,2-4,18H2,1H3. The summed E-state index contributed by atoms with van der Waals surface area (Å²) >= 11 is 0. The molecular formula is C30H28O5. The maximum absolute atomic E-state index is 11.9. The quantitative estimate of drug-likeness (QED) is 0.151. The minimum atomic E-state index is -0.351. The number of hydrogen-bond acceptors (Lipinski definition) is 5. The molecule has 5 heteroatoms. The van der Waals surface area contributed by atoms with Gasteiger partial charge in [0.2, 0.25) is 0 Å². The Morgan fingerprint density at radius 2 is 1.69 bits per heavy atom. The number of hydrogen-bond donors (Lipinski definition) is 2. The number of unbranched alkanes of at least 4 members (excludes halogenated alkanes) is 2. The van der Waals surface area contributed by atoms with Gasteiger partial charge in [-0.25, -0.2) is 4.79 Å². The third-order valence-corrected chi connectivity index (χ3v) is 5.62. The monoisotopic (exact) mass is 468 g/mol. The maximum atomic E-state index is 11.9. The molecule has 0 fully saturated rings. The van der Waals surface area contributed by atoms with Gasteiger partial charge in [-0.05, 0) is 77.5 Å². The molecule has 0 aromatic heterocycles. The summed E-state index contributed by atoms with van der Waals surface area (Å²) in [6.07, 6.45) is 6.14. The summed E-state index contributed by atoms with van der Waals surface area (Å²) < 4.78 is 11.5. The predicted octanol–water partition coefficient (Wildman–Crippen LogP) is 7.46. The molecule has 178 valence electrons. The molecule has 0 bridgehead atoms. The molecule has 0 aliphatic heterocycles. The SMILES string of the molecule is CCCCCOC(=O)C=Cc1ccc(Oc2c(-c3cccc(O)c3)ccc3cc(O)ccc23)cc1. The highest BCUT2D eigenvalue weighted by atomic mass is 16.5. The van der Waals surface area contributed by atoms with E-state index in [0.717, 1.165) is 46.7 Å². The van der Waals surface area contributed by atoms with Gasteiger partial charge in [0, 0.05) is 17.0 Å². The molecule has 0 aliphatic carbocycles. The Balaban J connectivity index is 1.57. The topological polar surface area (TPSA) is 76.0 Å². The molecule has 4 aromatic carbocycles. The van der Waals surface area contributed by atoms with E-state index in [0.29, 0.717) is 18.1 Å². The number of carbonyl (C=O) groups excluding carboxylic acids is 1. The van der Waals surface area contributed by atoms with Crippen molar-refractivity contribution < 1.29 is 24.5 Å². The van der Waals surface area contributed by atoms with Gasteiger partial charge in [-0.1, -0.05) is 50.1 Å². The van der Waals surface area contributed by atoms with Gasteiger partial charge in [-0.2, -0.15) is 0 Å². The fraction of sp³-hybridized carbons (Fsp3) is 0.167. The summed E-state index contributed by atoms with van der Waals surface area (Å²) in [5, 5.41) is 21.6. The highest BCUT2D eigenvalue weighted by Crippen LogP contribution is 2.41. The van der Waals surface area contributed by atoms with Crippen molar-refractivity contribution in [2.45, 2.75) is 26.2 Å². The molecular weight excluding hydrogens is 440 g/mol. The van der Waals surface area contributed by atoms with Crippen molar-refractivity contribution in [3.05, 3.63) is 90.5 Å². The Morgan fingerprint density at radius 1 is 0.886 bits per heavy atom. The van der Waals surface area contributed by atoms with Gasteiger partial charge in [0.1, 0.15) is 23.0 Å². The number of fused-ring (bicyclic) bond motifs is 1. The largest absolute Gasteiger partial charge is 0.508 e. The Hall–Kier alpha value is -4.25. The molecule has 4 aromatic rings. The normalized spacial score (nSPS) is 11.1. The zero-order valence-electron chi connectivity index (χ0n) is 19.6. The number of benzene rings is 4. The van der Waals surface area contributed by atoms with Crippen LogP contribution in [0, 0.1) is 0 Å². The summed E-state index contributed by atoms with van der Waals surface area (Å²) in [6.45, 7) is 2.54. The van der Waals surface area contributed by atoms with E-state index in [4.69, 9.17) is 9.47 Å². The lowest BCUT2D eigenvalue weighted by molar-refractivity contribution is -0.137. The van der Waals surface area contributed by atoms with E-state index in [1.807, 2.05) is 48.5 Å². The first-order valence-electron chi connectivity index (χ1n) is 11.7. The second-order valence-electron chi connectivity index (χ2n) is 8.28. The third kappa shape index (κ3) is 6.21. The van der Waals surface area contributed by atoms with Crippen LogP contribution in [-0.2, 0) is 9.53 Å². The van der Waals surface area contributed by atoms with Crippen molar-refractivity contribution in [1.82, 2.24) is 0 Å². The minimum Gasteiger partial charge on any atom is -0.508 e. The number of carbonyl (C=O) groups is 1. The molecule has 0 saturated heterocycles. The Labute approximate surface area is 204 Å². The van der Waals surface area contributed by atoms with E-state index in [2.05, 4.69) is 6.92 Å². The predicted molar refractivity (Wildman–Crippen MR) is 139 cm³/mol. The van der Waals surface area contributed by atoms with Crippen LogP contribution in [0.3, 0.4) is 0 Å². The molecule has 2 N–H and O–H groups in total. The van der Waals surface area contributed by atoms with Gasteiger partial charge in [0.25, 0.3) is 0 Å². The van der Waals surface area contributed by atoms with E-state index in [9.17, 15) is 15.0 Å². The van der Waals surface area contributed by atoms with Gasteiger partial charge in [-0.15, -0.1) is 0 Å². The molecule has 0 unspecified atom stereocenters. The summed E-state index contributed by atoms with van der Waals surface area (Å²) in [6, 6.07) is 23.3. The van der Waals surface area contributed by atoms with E-state index in [-0.39, 0.29) is 17.5 Å². The Kier molecular flexibility index (Phi) is 7.68.